The van der Waals surface area contributed by atoms with Crippen LogP contribution in [0.4, 0.5) is 0 Å². The third kappa shape index (κ3) is 2.97. The quantitative estimate of drug-likeness (QED) is 0.290. The van der Waals surface area contributed by atoms with Crippen molar-refractivity contribution < 1.29 is 43.2 Å². The highest BCUT2D eigenvalue weighted by Gasteiger charge is 2.81. The Bertz CT molecular complexity index is 903. The highest BCUT2D eigenvalue weighted by atomic mass is 16.6. The fourth-order valence-electron chi connectivity index (χ4n) is 5.90. The maximum absolute atomic E-state index is 12.8. The average molecular weight is 434 g/mol. The third-order valence-electron chi connectivity index (χ3n) is 7.56. The smallest absolute Gasteiger partial charge is 0.334 e. The molecule has 1 spiro atoms. The predicted molar refractivity (Wildman–Crippen MR) is 102 cm³/mol. The largest absolute Gasteiger partial charge is 0.462 e. The second-order valence-electron chi connectivity index (χ2n) is 9.38. The van der Waals surface area contributed by atoms with Crippen molar-refractivity contribution >= 4 is 17.9 Å². The van der Waals surface area contributed by atoms with Crippen molar-refractivity contribution in [1.82, 2.24) is 0 Å². The van der Waals surface area contributed by atoms with E-state index in [9.17, 15) is 19.5 Å². The van der Waals surface area contributed by atoms with E-state index in [0.717, 1.165) is 0 Å². The molecule has 3 saturated heterocycles. The molecular formula is C22H26O9. The molecule has 2 aliphatic carbocycles. The van der Waals surface area contributed by atoms with Crippen LogP contribution in [0.2, 0.25) is 0 Å². The minimum absolute atomic E-state index is 0.0399. The highest BCUT2D eigenvalue weighted by molar-refractivity contribution is 5.92. The van der Waals surface area contributed by atoms with Crippen molar-refractivity contribution in [1.29, 1.82) is 0 Å². The minimum atomic E-state index is -0.745. The Morgan fingerprint density at radius 3 is 2.68 bits per heavy atom. The molecular weight excluding hydrogens is 408 g/mol. The monoisotopic (exact) mass is 434 g/mol. The van der Waals surface area contributed by atoms with Crippen LogP contribution < -0.4 is 0 Å². The SMILES string of the molecule is C=C1C(=O)O[C@H]2[C@H]1[C@H](OC(=O)/C(C)=C\COC(C)=O)C[C@]1(CO1)[C@@H]1[C@@H](O)[C@H]3O[C@@]3(C)[C@H]21. The van der Waals surface area contributed by atoms with Crippen LogP contribution in [0.3, 0.4) is 0 Å². The summed E-state index contributed by atoms with van der Waals surface area (Å²) in [5.41, 5.74) is -0.735. The number of epoxide rings is 2. The van der Waals surface area contributed by atoms with Crippen molar-refractivity contribution in [3.05, 3.63) is 23.8 Å². The van der Waals surface area contributed by atoms with Gasteiger partial charge < -0.3 is 28.8 Å². The maximum atomic E-state index is 12.8. The molecule has 0 aromatic carbocycles. The van der Waals surface area contributed by atoms with E-state index in [1.54, 1.807) is 6.92 Å². The topological polar surface area (TPSA) is 124 Å². The van der Waals surface area contributed by atoms with Crippen molar-refractivity contribution in [3.63, 3.8) is 0 Å². The lowest BCUT2D eigenvalue weighted by Crippen LogP contribution is -2.44. The Kier molecular flexibility index (Phi) is 4.42. The predicted octanol–water partition coefficient (Wildman–Crippen LogP) is 0.442. The van der Waals surface area contributed by atoms with Gasteiger partial charge in [-0.25, -0.2) is 9.59 Å². The van der Waals surface area contributed by atoms with E-state index < -0.39 is 53.3 Å². The molecule has 5 fully saturated rings. The van der Waals surface area contributed by atoms with Crippen molar-refractivity contribution in [2.45, 2.75) is 62.8 Å². The molecule has 9 nitrogen and oxygen atoms in total. The molecule has 9 atom stereocenters. The van der Waals surface area contributed by atoms with Crippen LogP contribution in [0.1, 0.15) is 27.2 Å². The van der Waals surface area contributed by atoms with Crippen molar-refractivity contribution in [3.8, 4) is 0 Å². The molecule has 0 aromatic heterocycles. The van der Waals surface area contributed by atoms with E-state index in [2.05, 4.69) is 6.58 Å². The first-order chi connectivity index (χ1) is 14.6. The van der Waals surface area contributed by atoms with Crippen LogP contribution >= 0.6 is 0 Å². The Morgan fingerprint density at radius 1 is 1.32 bits per heavy atom. The van der Waals surface area contributed by atoms with E-state index in [0.29, 0.717) is 13.0 Å². The van der Waals surface area contributed by atoms with E-state index in [1.165, 1.54) is 13.0 Å². The number of hydrogen-bond acceptors (Lipinski definition) is 9. The second kappa shape index (κ2) is 6.63. The van der Waals surface area contributed by atoms with Gasteiger partial charge in [-0.3, -0.25) is 4.79 Å². The number of rotatable bonds is 4. The number of ether oxygens (including phenoxy) is 5. The summed E-state index contributed by atoms with van der Waals surface area (Å²) in [7, 11) is 0. The highest BCUT2D eigenvalue weighted by Crippen LogP contribution is 2.67. The molecule has 9 heteroatoms. The molecule has 5 aliphatic rings. The Morgan fingerprint density at radius 2 is 2.03 bits per heavy atom. The first-order valence-corrected chi connectivity index (χ1v) is 10.5. The molecule has 0 radical (unpaired) electrons. The molecule has 0 amide bonds. The number of carbonyl (C=O) groups excluding carboxylic acids is 3. The number of aliphatic hydroxyl groups excluding tert-OH is 1. The Balaban J connectivity index is 1.44. The first kappa shape index (κ1) is 20.7. The van der Waals surface area contributed by atoms with Crippen LogP contribution in [0.25, 0.3) is 0 Å². The van der Waals surface area contributed by atoms with Gasteiger partial charge >= 0.3 is 17.9 Å². The second-order valence-corrected chi connectivity index (χ2v) is 9.38. The van der Waals surface area contributed by atoms with Gasteiger partial charge in [0, 0.05) is 36.3 Å². The average Bonchev–Trinajstić information content (AvgIpc) is 3.57. The van der Waals surface area contributed by atoms with E-state index in [-0.39, 0.29) is 35.7 Å². The molecule has 5 rings (SSSR count). The van der Waals surface area contributed by atoms with Crippen LogP contribution in [0.5, 0.6) is 0 Å². The van der Waals surface area contributed by atoms with Gasteiger partial charge in [-0.2, -0.15) is 0 Å². The summed E-state index contributed by atoms with van der Waals surface area (Å²) in [5.74, 6) is -2.68. The summed E-state index contributed by atoms with van der Waals surface area (Å²) in [6.07, 6.45) is -0.603. The first-order valence-electron chi connectivity index (χ1n) is 10.5. The standard InChI is InChI=1S/C22H26O9/c1-9(5-6-27-11(3)23)19(25)29-12-7-22(8-28-22)14-15(21(4)18(31-21)16(14)24)17-13(12)10(2)20(26)30-17/h5,12-18,24H,2,6-8H2,1,3-4H3/b9-5-/t12-,13-,14+,15+,16-,17+,18-,21+,22+/m1/s1. The summed E-state index contributed by atoms with van der Waals surface area (Å²) in [6.45, 7) is 9.07. The fourth-order valence-corrected chi connectivity index (χ4v) is 5.90. The Hall–Kier alpha value is -2.23. The summed E-state index contributed by atoms with van der Waals surface area (Å²) >= 11 is 0. The molecule has 31 heavy (non-hydrogen) atoms. The summed E-state index contributed by atoms with van der Waals surface area (Å²) in [6, 6.07) is 0. The van der Waals surface area contributed by atoms with Gasteiger partial charge in [0.15, 0.2) is 0 Å². The van der Waals surface area contributed by atoms with Gasteiger partial charge in [0.2, 0.25) is 0 Å². The van der Waals surface area contributed by atoms with Gasteiger partial charge in [-0.1, -0.05) is 6.58 Å². The summed E-state index contributed by atoms with van der Waals surface area (Å²) in [4.78, 5) is 36.1. The molecule has 0 unspecified atom stereocenters. The zero-order valence-corrected chi connectivity index (χ0v) is 17.7. The Labute approximate surface area is 179 Å². The van der Waals surface area contributed by atoms with Gasteiger partial charge in [0.1, 0.15) is 36.1 Å². The number of esters is 3. The van der Waals surface area contributed by atoms with E-state index in [4.69, 9.17) is 23.7 Å². The van der Waals surface area contributed by atoms with Gasteiger partial charge in [0.25, 0.3) is 0 Å². The van der Waals surface area contributed by atoms with Gasteiger partial charge in [-0.05, 0) is 19.9 Å². The lowest BCUT2D eigenvalue weighted by molar-refractivity contribution is -0.150. The van der Waals surface area contributed by atoms with Crippen LogP contribution in [0, 0.1) is 17.8 Å². The third-order valence-corrected chi connectivity index (χ3v) is 7.56. The van der Waals surface area contributed by atoms with Gasteiger partial charge in [0.05, 0.1) is 18.6 Å². The summed E-state index contributed by atoms with van der Waals surface area (Å²) in [5, 5.41) is 10.9. The van der Waals surface area contributed by atoms with Gasteiger partial charge in [-0.15, -0.1) is 0 Å². The number of hydrogen-bond donors (Lipinski definition) is 1. The summed E-state index contributed by atoms with van der Waals surface area (Å²) < 4.78 is 28.1. The van der Waals surface area contributed by atoms with Crippen LogP contribution in [-0.4, -0.2) is 71.8 Å². The molecule has 0 aromatic rings. The van der Waals surface area contributed by atoms with E-state index in [1.807, 2.05) is 6.92 Å². The number of aliphatic hydroxyl groups is 1. The minimum Gasteiger partial charge on any atom is -0.462 e. The normalized spacial score (nSPS) is 47.1. The van der Waals surface area contributed by atoms with Crippen LogP contribution in [0.15, 0.2) is 23.8 Å². The molecule has 3 heterocycles. The molecule has 168 valence electrons. The molecule has 1 N–H and O–H groups in total. The van der Waals surface area contributed by atoms with E-state index >= 15 is 0 Å². The molecule has 3 aliphatic heterocycles. The fraction of sp³-hybridized carbons (Fsp3) is 0.682. The maximum Gasteiger partial charge on any atom is 0.334 e. The lowest BCUT2D eigenvalue weighted by Gasteiger charge is -2.33. The van der Waals surface area contributed by atoms with Crippen molar-refractivity contribution in [2.24, 2.45) is 17.8 Å². The number of fused-ring (bicyclic) bond motifs is 6. The van der Waals surface area contributed by atoms with Crippen molar-refractivity contribution in [2.75, 3.05) is 13.2 Å². The zero-order valence-electron chi connectivity index (χ0n) is 17.7. The molecule has 2 saturated carbocycles. The zero-order chi connectivity index (χ0) is 22.3. The lowest BCUT2D eigenvalue weighted by atomic mass is 9.76. The number of carbonyl (C=O) groups is 3. The van der Waals surface area contributed by atoms with Crippen LogP contribution in [-0.2, 0) is 38.1 Å². The molecule has 0 bridgehead atoms.